The van der Waals surface area contributed by atoms with Crippen molar-refractivity contribution in [2.45, 2.75) is 33.2 Å². The van der Waals surface area contributed by atoms with Crippen LogP contribution in [0.4, 0.5) is 10.5 Å². The van der Waals surface area contributed by atoms with Crippen LogP contribution in [-0.4, -0.2) is 16.6 Å². The van der Waals surface area contributed by atoms with Gasteiger partial charge in [-0.25, -0.2) is 4.79 Å². The number of carbonyl (C=O) groups excluding carboxylic acids is 1. The van der Waals surface area contributed by atoms with Gasteiger partial charge in [0, 0.05) is 11.7 Å². The van der Waals surface area contributed by atoms with Gasteiger partial charge in [-0.2, -0.15) is 0 Å². The van der Waals surface area contributed by atoms with Crippen LogP contribution in [0.1, 0.15) is 26.3 Å². The summed E-state index contributed by atoms with van der Waals surface area (Å²) in [6, 6.07) is 1.66. The molecule has 2 N–H and O–H groups in total. The number of carbonyl (C=O) groups is 1. The van der Waals surface area contributed by atoms with Gasteiger partial charge >= 0.3 is 6.03 Å². The van der Waals surface area contributed by atoms with Crippen molar-refractivity contribution in [3.05, 3.63) is 24.0 Å². The quantitative estimate of drug-likeness (QED) is 0.742. The van der Waals surface area contributed by atoms with E-state index in [4.69, 9.17) is 0 Å². The minimum absolute atomic E-state index is 0.213. The lowest BCUT2D eigenvalue weighted by atomic mass is 10.1. The van der Waals surface area contributed by atoms with E-state index in [1.807, 2.05) is 33.8 Å². The summed E-state index contributed by atoms with van der Waals surface area (Å²) in [6.07, 6.45) is 3.36. The molecule has 1 aromatic rings. The summed E-state index contributed by atoms with van der Waals surface area (Å²) in [5.41, 5.74) is 1.49. The lowest BCUT2D eigenvalue weighted by molar-refractivity contribution is 0.244. The summed E-state index contributed by atoms with van der Waals surface area (Å²) in [5.74, 6) is 0. The highest BCUT2D eigenvalue weighted by molar-refractivity contribution is 5.89. The van der Waals surface area contributed by atoms with Gasteiger partial charge in [-0.15, -0.1) is 0 Å². The fourth-order valence-electron chi connectivity index (χ4n) is 1.13. The lowest BCUT2D eigenvalue weighted by Gasteiger charge is -2.20. The van der Waals surface area contributed by atoms with Crippen molar-refractivity contribution in [3.8, 4) is 0 Å². The van der Waals surface area contributed by atoms with Crippen LogP contribution in [0.25, 0.3) is 0 Å². The maximum absolute atomic E-state index is 11.5. The molecule has 1 aromatic heterocycles. The molecule has 82 valence electrons. The number of pyridine rings is 1. The highest BCUT2D eigenvalue weighted by Crippen LogP contribution is 2.07. The smallest absolute Gasteiger partial charge is 0.319 e. The van der Waals surface area contributed by atoms with Crippen molar-refractivity contribution in [1.82, 2.24) is 10.3 Å². The Morgan fingerprint density at radius 1 is 1.33 bits per heavy atom. The Labute approximate surface area is 90.1 Å². The average Bonchev–Trinajstić information content (AvgIpc) is 1.99. The number of amides is 2. The minimum Gasteiger partial charge on any atom is -0.333 e. The van der Waals surface area contributed by atoms with Crippen LogP contribution in [0.15, 0.2) is 18.5 Å². The van der Waals surface area contributed by atoms with E-state index in [-0.39, 0.29) is 11.6 Å². The second-order valence-electron chi connectivity index (χ2n) is 4.58. The van der Waals surface area contributed by atoms with Crippen molar-refractivity contribution < 1.29 is 4.79 Å². The number of nitrogens with one attached hydrogen (secondary N) is 2. The van der Waals surface area contributed by atoms with Gasteiger partial charge in [0.15, 0.2) is 0 Å². The summed E-state index contributed by atoms with van der Waals surface area (Å²) >= 11 is 0. The number of aromatic nitrogens is 1. The molecule has 0 spiro atoms. The number of anilines is 1. The zero-order valence-corrected chi connectivity index (χ0v) is 9.59. The summed E-state index contributed by atoms with van der Waals surface area (Å²) in [7, 11) is 0. The van der Waals surface area contributed by atoms with Crippen molar-refractivity contribution >= 4 is 11.7 Å². The van der Waals surface area contributed by atoms with Crippen molar-refractivity contribution in [2.24, 2.45) is 0 Å². The SMILES string of the molecule is Cc1cncc(NC(=O)NC(C)(C)C)c1. The number of rotatable bonds is 1. The number of aryl methyl sites for hydroxylation is 1. The van der Waals surface area contributed by atoms with E-state index in [2.05, 4.69) is 15.6 Å². The third-order valence-electron chi connectivity index (χ3n) is 1.62. The molecule has 0 radical (unpaired) electrons. The van der Waals surface area contributed by atoms with E-state index in [9.17, 15) is 4.79 Å². The van der Waals surface area contributed by atoms with Crippen molar-refractivity contribution in [1.29, 1.82) is 0 Å². The molecule has 0 atom stereocenters. The van der Waals surface area contributed by atoms with Crippen LogP contribution in [-0.2, 0) is 0 Å². The number of hydrogen-bond acceptors (Lipinski definition) is 2. The molecule has 0 aliphatic heterocycles. The molecular weight excluding hydrogens is 190 g/mol. The summed E-state index contributed by atoms with van der Waals surface area (Å²) in [6.45, 7) is 7.73. The van der Waals surface area contributed by atoms with Crippen LogP contribution in [0.3, 0.4) is 0 Å². The Morgan fingerprint density at radius 3 is 2.53 bits per heavy atom. The Morgan fingerprint density at radius 2 is 2.00 bits per heavy atom. The van der Waals surface area contributed by atoms with Gasteiger partial charge in [-0.3, -0.25) is 4.98 Å². The van der Waals surface area contributed by atoms with Gasteiger partial charge < -0.3 is 10.6 Å². The largest absolute Gasteiger partial charge is 0.333 e. The standard InChI is InChI=1S/C11H17N3O/c1-8-5-9(7-12-6-8)13-10(15)14-11(2,3)4/h5-7H,1-4H3,(H2,13,14,15). The highest BCUT2D eigenvalue weighted by atomic mass is 16.2. The zero-order chi connectivity index (χ0) is 11.5. The first-order chi connectivity index (χ1) is 6.87. The molecular formula is C11H17N3O. The predicted octanol–water partition coefficient (Wildman–Crippen LogP) is 2.31. The maximum Gasteiger partial charge on any atom is 0.319 e. The lowest BCUT2D eigenvalue weighted by Crippen LogP contribution is -2.43. The zero-order valence-electron chi connectivity index (χ0n) is 9.59. The van der Waals surface area contributed by atoms with E-state index in [0.717, 1.165) is 5.56 Å². The number of urea groups is 1. The van der Waals surface area contributed by atoms with Crippen molar-refractivity contribution in [2.75, 3.05) is 5.32 Å². The van der Waals surface area contributed by atoms with E-state index < -0.39 is 0 Å². The van der Waals surface area contributed by atoms with Gasteiger partial charge in [-0.05, 0) is 39.3 Å². The normalized spacial score (nSPS) is 10.9. The highest BCUT2D eigenvalue weighted by Gasteiger charge is 2.13. The first kappa shape index (κ1) is 11.5. The predicted molar refractivity (Wildman–Crippen MR) is 60.9 cm³/mol. The van der Waals surface area contributed by atoms with Crippen LogP contribution in [0.2, 0.25) is 0 Å². The fraction of sp³-hybridized carbons (Fsp3) is 0.455. The first-order valence-electron chi connectivity index (χ1n) is 4.88. The van der Waals surface area contributed by atoms with Gasteiger partial charge in [-0.1, -0.05) is 0 Å². The monoisotopic (exact) mass is 207 g/mol. The molecule has 4 heteroatoms. The molecule has 0 aliphatic rings. The third kappa shape index (κ3) is 4.44. The van der Waals surface area contributed by atoms with E-state index in [1.54, 1.807) is 12.4 Å². The Bertz CT molecular complexity index is 355. The molecule has 0 bridgehead atoms. The van der Waals surface area contributed by atoms with Crippen LogP contribution in [0.5, 0.6) is 0 Å². The van der Waals surface area contributed by atoms with Crippen LogP contribution < -0.4 is 10.6 Å². The Hall–Kier alpha value is -1.58. The molecule has 0 unspecified atom stereocenters. The molecule has 1 heterocycles. The van der Waals surface area contributed by atoms with E-state index in [0.29, 0.717) is 5.69 Å². The summed E-state index contributed by atoms with van der Waals surface area (Å²) in [4.78, 5) is 15.5. The van der Waals surface area contributed by atoms with Gasteiger partial charge in [0.05, 0.1) is 11.9 Å². The molecule has 1 rings (SSSR count). The second kappa shape index (κ2) is 4.29. The topological polar surface area (TPSA) is 54.0 Å². The van der Waals surface area contributed by atoms with E-state index >= 15 is 0 Å². The summed E-state index contributed by atoms with van der Waals surface area (Å²) in [5, 5.41) is 5.54. The number of nitrogens with zero attached hydrogens (tertiary/aromatic N) is 1. The van der Waals surface area contributed by atoms with Crippen LogP contribution >= 0.6 is 0 Å². The van der Waals surface area contributed by atoms with Gasteiger partial charge in [0.2, 0.25) is 0 Å². The maximum atomic E-state index is 11.5. The van der Waals surface area contributed by atoms with Gasteiger partial charge in [0.25, 0.3) is 0 Å². The minimum atomic E-state index is -0.235. The summed E-state index contributed by atoms with van der Waals surface area (Å²) < 4.78 is 0. The molecule has 0 saturated heterocycles. The van der Waals surface area contributed by atoms with Gasteiger partial charge in [0.1, 0.15) is 0 Å². The molecule has 15 heavy (non-hydrogen) atoms. The molecule has 0 aromatic carbocycles. The molecule has 4 nitrogen and oxygen atoms in total. The van der Waals surface area contributed by atoms with Crippen LogP contribution in [0, 0.1) is 6.92 Å². The number of hydrogen-bond donors (Lipinski definition) is 2. The first-order valence-corrected chi connectivity index (χ1v) is 4.88. The molecule has 0 aliphatic carbocycles. The van der Waals surface area contributed by atoms with Crippen molar-refractivity contribution in [3.63, 3.8) is 0 Å². The van der Waals surface area contributed by atoms with E-state index in [1.165, 1.54) is 0 Å². The fourth-order valence-corrected chi connectivity index (χ4v) is 1.13. The second-order valence-corrected chi connectivity index (χ2v) is 4.58. The molecule has 2 amide bonds. The molecule has 0 fully saturated rings. The third-order valence-corrected chi connectivity index (χ3v) is 1.62. The molecule has 0 saturated carbocycles. The Balaban J connectivity index is 2.59. The average molecular weight is 207 g/mol. The Kier molecular flexibility index (Phi) is 3.29.